The summed E-state index contributed by atoms with van der Waals surface area (Å²) in [5, 5.41) is 3.07. The predicted molar refractivity (Wildman–Crippen MR) is 78.4 cm³/mol. The lowest BCUT2D eigenvalue weighted by atomic mass is 9.84. The van der Waals surface area contributed by atoms with Crippen LogP contribution in [0.4, 0.5) is 0 Å². The van der Waals surface area contributed by atoms with Crippen molar-refractivity contribution in [3.8, 4) is 0 Å². The molecule has 3 nitrogen and oxygen atoms in total. The molecule has 0 aromatic rings. The standard InChI is InChI=1S/C15H32N2O/c1-6-8-9-10-14(3,4)12-17-13(18)15(5,7-2)11-16/h6-12,16H2,1-5H3,(H,17,18). The van der Waals surface area contributed by atoms with Gasteiger partial charge in [0.15, 0.2) is 0 Å². The summed E-state index contributed by atoms with van der Waals surface area (Å²) in [5.41, 5.74) is 5.45. The van der Waals surface area contributed by atoms with Crippen molar-refractivity contribution in [2.24, 2.45) is 16.6 Å². The highest BCUT2D eigenvalue weighted by atomic mass is 16.2. The maximum Gasteiger partial charge on any atom is 0.227 e. The Kier molecular flexibility index (Phi) is 7.53. The largest absolute Gasteiger partial charge is 0.355 e. The first-order valence-electron chi connectivity index (χ1n) is 7.29. The molecule has 1 atom stereocenters. The van der Waals surface area contributed by atoms with E-state index in [0.717, 1.165) is 19.4 Å². The molecule has 0 aromatic carbocycles. The van der Waals surface area contributed by atoms with Crippen molar-refractivity contribution in [2.75, 3.05) is 13.1 Å². The summed E-state index contributed by atoms with van der Waals surface area (Å²) in [6.07, 6.45) is 5.69. The van der Waals surface area contributed by atoms with Crippen LogP contribution in [-0.4, -0.2) is 19.0 Å². The Morgan fingerprint density at radius 1 is 1.17 bits per heavy atom. The Morgan fingerprint density at radius 3 is 2.22 bits per heavy atom. The fourth-order valence-electron chi connectivity index (χ4n) is 1.87. The van der Waals surface area contributed by atoms with Crippen LogP contribution in [0.5, 0.6) is 0 Å². The summed E-state index contributed by atoms with van der Waals surface area (Å²) in [7, 11) is 0. The van der Waals surface area contributed by atoms with E-state index in [2.05, 4.69) is 26.1 Å². The van der Waals surface area contributed by atoms with Gasteiger partial charge in [0, 0.05) is 13.1 Å². The molecule has 0 fully saturated rings. The van der Waals surface area contributed by atoms with E-state index in [1.165, 1.54) is 19.3 Å². The van der Waals surface area contributed by atoms with Crippen LogP contribution < -0.4 is 11.1 Å². The first-order chi connectivity index (χ1) is 8.31. The summed E-state index contributed by atoms with van der Waals surface area (Å²) >= 11 is 0. The molecule has 0 aliphatic rings. The van der Waals surface area contributed by atoms with Crippen LogP contribution in [0, 0.1) is 10.8 Å². The van der Waals surface area contributed by atoms with Crippen LogP contribution in [0.3, 0.4) is 0 Å². The number of carbonyl (C=O) groups excluding carboxylic acids is 1. The van der Waals surface area contributed by atoms with Crippen molar-refractivity contribution in [3.63, 3.8) is 0 Å². The van der Waals surface area contributed by atoms with E-state index in [1.54, 1.807) is 0 Å². The van der Waals surface area contributed by atoms with Gasteiger partial charge in [-0.05, 0) is 25.2 Å². The SMILES string of the molecule is CCCCCC(C)(C)CNC(=O)C(C)(CC)CN. The molecule has 0 radical (unpaired) electrons. The second-order valence-corrected chi connectivity index (χ2v) is 6.42. The summed E-state index contributed by atoms with van der Waals surface area (Å²) in [6, 6.07) is 0. The van der Waals surface area contributed by atoms with Gasteiger partial charge in [-0.2, -0.15) is 0 Å². The second-order valence-electron chi connectivity index (χ2n) is 6.42. The number of amides is 1. The van der Waals surface area contributed by atoms with Gasteiger partial charge in [0.1, 0.15) is 0 Å². The molecular weight excluding hydrogens is 224 g/mol. The molecule has 0 spiro atoms. The molecule has 0 saturated heterocycles. The third-order valence-corrected chi connectivity index (χ3v) is 3.96. The highest BCUT2D eigenvalue weighted by molar-refractivity contribution is 5.82. The fourth-order valence-corrected chi connectivity index (χ4v) is 1.87. The lowest BCUT2D eigenvalue weighted by molar-refractivity contribution is -0.130. The average Bonchev–Trinajstić information content (AvgIpc) is 2.35. The fraction of sp³-hybridized carbons (Fsp3) is 0.933. The van der Waals surface area contributed by atoms with Gasteiger partial charge in [-0.3, -0.25) is 4.79 Å². The first-order valence-corrected chi connectivity index (χ1v) is 7.29. The second kappa shape index (κ2) is 7.78. The topological polar surface area (TPSA) is 55.1 Å². The molecule has 0 saturated carbocycles. The van der Waals surface area contributed by atoms with E-state index >= 15 is 0 Å². The number of hydrogen-bond donors (Lipinski definition) is 2. The van der Waals surface area contributed by atoms with E-state index in [4.69, 9.17) is 5.73 Å². The molecular formula is C15H32N2O. The van der Waals surface area contributed by atoms with Crippen LogP contribution in [0.15, 0.2) is 0 Å². The predicted octanol–water partition coefficient (Wildman–Crippen LogP) is 3.08. The lowest BCUT2D eigenvalue weighted by Gasteiger charge is -2.30. The van der Waals surface area contributed by atoms with E-state index < -0.39 is 5.41 Å². The normalized spacial score (nSPS) is 15.2. The van der Waals surface area contributed by atoms with Crippen molar-refractivity contribution < 1.29 is 4.79 Å². The third-order valence-electron chi connectivity index (χ3n) is 3.96. The Bertz CT molecular complexity index is 245. The summed E-state index contributed by atoms with van der Waals surface area (Å²) in [6.45, 7) is 11.7. The molecule has 1 unspecified atom stereocenters. The number of nitrogens with two attached hydrogens (primary N) is 1. The van der Waals surface area contributed by atoms with Gasteiger partial charge < -0.3 is 11.1 Å². The Balaban J connectivity index is 4.18. The Hall–Kier alpha value is -0.570. The van der Waals surface area contributed by atoms with E-state index in [0.29, 0.717) is 6.54 Å². The monoisotopic (exact) mass is 256 g/mol. The van der Waals surface area contributed by atoms with Gasteiger partial charge in [0.25, 0.3) is 0 Å². The maximum absolute atomic E-state index is 12.1. The molecule has 0 bridgehead atoms. The van der Waals surface area contributed by atoms with Crippen LogP contribution in [0.1, 0.15) is 66.7 Å². The quantitative estimate of drug-likeness (QED) is 0.623. The highest BCUT2D eigenvalue weighted by Gasteiger charge is 2.30. The zero-order valence-corrected chi connectivity index (χ0v) is 12.9. The van der Waals surface area contributed by atoms with Gasteiger partial charge in [-0.25, -0.2) is 0 Å². The number of rotatable bonds is 9. The minimum absolute atomic E-state index is 0.0936. The molecule has 0 aromatic heterocycles. The number of carbonyl (C=O) groups is 1. The molecule has 0 rings (SSSR count). The zero-order chi connectivity index (χ0) is 14.2. The van der Waals surface area contributed by atoms with Crippen LogP contribution in [-0.2, 0) is 4.79 Å². The van der Waals surface area contributed by atoms with E-state index in [1.807, 2.05) is 13.8 Å². The van der Waals surface area contributed by atoms with Crippen molar-refractivity contribution in [1.82, 2.24) is 5.32 Å². The number of hydrogen-bond acceptors (Lipinski definition) is 2. The molecule has 3 N–H and O–H groups in total. The summed E-state index contributed by atoms with van der Waals surface area (Å²) in [4.78, 5) is 12.1. The van der Waals surface area contributed by atoms with Crippen LogP contribution in [0.2, 0.25) is 0 Å². The van der Waals surface area contributed by atoms with Crippen molar-refractivity contribution in [3.05, 3.63) is 0 Å². The van der Waals surface area contributed by atoms with Crippen molar-refractivity contribution >= 4 is 5.91 Å². The summed E-state index contributed by atoms with van der Waals surface area (Å²) in [5.74, 6) is 0.0936. The molecule has 3 heteroatoms. The van der Waals surface area contributed by atoms with Crippen molar-refractivity contribution in [1.29, 1.82) is 0 Å². The highest BCUT2D eigenvalue weighted by Crippen LogP contribution is 2.24. The molecule has 18 heavy (non-hydrogen) atoms. The molecule has 108 valence electrons. The van der Waals surface area contributed by atoms with Gasteiger partial charge in [-0.15, -0.1) is 0 Å². The van der Waals surface area contributed by atoms with Crippen molar-refractivity contribution in [2.45, 2.75) is 66.7 Å². The Labute approximate surface area is 113 Å². The van der Waals surface area contributed by atoms with Gasteiger partial charge >= 0.3 is 0 Å². The summed E-state index contributed by atoms with van der Waals surface area (Å²) < 4.78 is 0. The van der Waals surface area contributed by atoms with E-state index in [9.17, 15) is 4.79 Å². The van der Waals surface area contributed by atoms with Gasteiger partial charge in [-0.1, -0.05) is 47.0 Å². The number of unbranched alkanes of at least 4 members (excludes halogenated alkanes) is 2. The lowest BCUT2D eigenvalue weighted by Crippen LogP contribution is -2.46. The molecule has 0 heterocycles. The van der Waals surface area contributed by atoms with Gasteiger partial charge in [0.05, 0.1) is 5.41 Å². The van der Waals surface area contributed by atoms with Crippen LogP contribution in [0.25, 0.3) is 0 Å². The van der Waals surface area contributed by atoms with Gasteiger partial charge in [0.2, 0.25) is 5.91 Å². The van der Waals surface area contributed by atoms with E-state index in [-0.39, 0.29) is 11.3 Å². The molecule has 0 aliphatic heterocycles. The Morgan fingerprint density at radius 2 is 1.78 bits per heavy atom. The molecule has 0 aliphatic carbocycles. The minimum atomic E-state index is -0.417. The first kappa shape index (κ1) is 17.4. The zero-order valence-electron chi connectivity index (χ0n) is 12.9. The smallest absolute Gasteiger partial charge is 0.227 e. The number of nitrogens with one attached hydrogen (secondary N) is 1. The molecule has 1 amide bonds. The van der Waals surface area contributed by atoms with Crippen LogP contribution >= 0.6 is 0 Å². The minimum Gasteiger partial charge on any atom is -0.355 e. The third kappa shape index (κ3) is 5.85. The maximum atomic E-state index is 12.1. The average molecular weight is 256 g/mol.